The minimum absolute atomic E-state index is 0.238. The lowest BCUT2D eigenvalue weighted by atomic mass is 10.2. The summed E-state index contributed by atoms with van der Waals surface area (Å²) >= 11 is 0. The number of hydrogen-bond donors (Lipinski definition) is 0. The fourth-order valence-corrected chi connectivity index (χ4v) is 0.179. The Labute approximate surface area is 47.5 Å². The Balaban J connectivity index is 4.02. The molecule has 0 fully saturated rings. The van der Waals surface area contributed by atoms with Crippen molar-refractivity contribution in [1.29, 1.82) is 0 Å². The zero-order valence-electron chi connectivity index (χ0n) is 4.75. The molecule has 0 aromatic rings. The lowest BCUT2D eigenvalue weighted by molar-refractivity contribution is 0.0681. The number of rotatable bonds is 2. The molecule has 0 heterocycles. The number of allylic oxidation sites excluding steroid dienone is 2. The summed E-state index contributed by atoms with van der Waals surface area (Å²) in [5.41, 5.74) is -0.238. The second-order valence-electron chi connectivity index (χ2n) is 1.62. The van der Waals surface area contributed by atoms with E-state index < -0.39 is 5.92 Å². The van der Waals surface area contributed by atoms with Crippen LogP contribution in [0.15, 0.2) is 24.8 Å². The van der Waals surface area contributed by atoms with Gasteiger partial charge in [-0.3, -0.25) is 0 Å². The normalized spacial score (nSPS) is 10.9. The highest BCUT2D eigenvalue weighted by Crippen LogP contribution is 2.21. The first-order valence-electron chi connectivity index (χ1n) is 2.18. The molecule has 0 radical (unpaired) electrons. The standard InChI is InChI=1S/C6H8F2/c1-4-5(2)6(3,7)8/h4H,1-2H2,3H3. The van der Waals surface area contributed by atoms with Crippen molar-refractivity contribution in [2.45, 2.75) is 12.8 Å². The average Bonchev–Trinajstić information content (AvgIpc) is 1.62. The van der Waals surface area contributed by atoms with E-state index in [0.717, 1.165) is 13.0 Å². The molecule has 0 unspecified atom stereocenters. The Kier molecular flexibility index (Phi) is 1.90. The molecule has 0 bridgehead atoms. The molecule has 0 aromatic carbocycles. The van der Waals surface area contributed by atoms with Crippen molar-refractivity contribution < 1.29 is 8.78 Å². The molecule has 0 aliphatic rings. The maximum atomic E-state index is 11.9. The molecule has 46 valence electrons. The van der Waals surface area contributed by atoms with E-state index in [1.807, 2.05) is 0 Å². The van der Waals surface area contributed by atoms with Gasteiger partial charge in [0.1, 0.15) is 0 Å². The molecule has 0 saturated carbocycles. The van der Waals surface area contributed by atoms with Crippen molar-refractivity contribution >= 4 is 0 Å². The van der Waals surface area contributed by atoms with E-state index in [4.69, 9.17) is 0 Å². The first-order chi connectivity index (χ1) is 3.48. The fraction of sp³-hybridized carbons (Fsp3) is 0.333. The number of hydrogen-bond acceptors (Lipinski definition) is 0. The monoisotopic (exact) mass is 118 g/mol. The second kappa shape index (κ2) is 2.07. The van der Waals surface area contributed by atoms with Crippen molar-refractivity contribution in [3.63, 3.8) is 0 Å². The molecule has 0 N–H and O–H groups in total. The van der Waals surface area contributed by atoms with Crippen LogP contribution in [0.2, 0.25) is 0 Å². The van der Waals surface area contributed by atoms with Crippen LogP contribution in [0.25, 0.3) is 0 Å². The molecule has 0 aromatic heterocycles. The van der Waals surface area contributed by atoms with Crippen molar-refractivity contribution in [3.8, 4) is 0 Å². The van der Waals surface area contributed by atoms with E-state index in [9.17, 15) is 8.78 Å². The van der Waals surface area contributed by atoms with Gasteiger partial charge in [-0.25, -0.2) is 8.78 Å². The first-order valence-corrected chi connectivity index (χ1v) is 2.18. The van der Waals surface area contributed by atoms with Crippen molar-refractivity contribution in [2.24, 2.45) is 0 Å². The maximum absolute atomic E-state index is 11.9. The molecule has 0 atom stereocenters. The molecular weight excluding hydrogens is 110 g/mol. The van der Waals surface area contributed by atoms with Crippen LogP contribution in [0.4, 0.5) is 8.78 Å². The third-order valence-corrected chi connectivity index (χ3v) is 0.810. The second-order valence-corrected chi connectivity index (χ2v) is 1.62. The highest BCUT2D eigenvalue weighted by molar-refractivity contribution is 5.18. The molecule has 0 nitrogen and oxygen atoms in total. The van der Waals surface area contributed by atoms with Gasteiger partial charge in [0.25, 0.3) is 5.92 Å². The summed E-state index contributed by atoms with van der Waals surface area (Å²) in [4.78, 5) is 0. The van der Waals surface area contributed by atoms with Crippen LogP contribution in [0.1, 0.15) is 6.92 Å². The largest absolute Gasteiger partial charge is 0.269 e. The molecule has 0 saturated heterocycles. The lowest BCUT2D eigenvalue weighted by Gasteiger charge is -2.07. The van der Waals surface area contributed by atoms with Crippen LogP contribution in [0.5, 0.6) is 0 Å². The van der Waals surface area contributed by atoms with Crippen molar-refractivity contribution in [2.75, 3.05) is 0 Å². The highest BCUT2D eigenvalue weighted by Gasteiger charge is 2.22. The molecule has 2 heteroatoms. The topological polar surface area (TPSA) is 0 Å². The van der Waals surface area contributed by atoms with Gasteiger partial charge < -0.3 is 0 Å². The molecular formula is C6H8F2. The Morgan fingerprint density at radius 2 is 2.00 bits per heavy atom. The van der Waals surface area contributed by atoms with Gasteiger partial charge in [-0.15, -0.1) is 0 Å². The lowest BCUT2D eigenvalue weighted by Crippen LogP contribution is -2.10. The van der Waals surface area contributed by atoms with Crippen molar-refractivity contribution in [3.05, 3.63) is 24.8 Å². The van der Waals surface area contributed by atoms with Crippen LogP contribution >= 0.6 is 0 Å². The summed E-state index contributed by atoms with van der Waals surface area (Å²) in [7, 11) is 0. The summed E-state index contributed by atoms with van der Waals surface area (Å²) in [6, 6.07) is 0. The number of alkyl halides is 2. The Morgan fingerprint density at radius 3 is 2.00 bits per heavy atom. The summed E-state index contributed by atoms with van der Waals surface area (Å²) in [6.45, 7) is 7.01. The van der Waals surface area contributed by atoms with Gasteiger partial charge in [0, 0.05) is 12.5 Å². The molecule has 0 amide bonds. The van der Waals surface area contributed by atoms with Crippen LogP contribution < -0.4 is 0 Å². The Hall–Kier alpha value is -0.660. The SMILES string of the molecule is C=CC(=C)C(C)(F)F. The van der Waals surface area contributed by atoms with E-state index >= 15 is 0 Å². The number of halogens is 2. The zero-order valence-corrected chi connectivity index (χ0v) is 4.75. The summed E-state index contributed by atoms with van der Waals surface area (Å²) in [6.07, 6.45) is 1.06. The highest BCUT2D eigenvalue weighted by atomic mass is 19.3. The minimum Gasteiger partial charge on any atom is -0.202 e. The summed E-state index contributed by atoms with van der Waals surface area (Å²) < 4.78 is 23.9. The van der Waals surface area contributed by atoms with Crippen LogP contribution in [-0.2, 0) is 0 Å². The predicted molar refractivity (Wildman–Crippen MR) is 30.0 cm³/mol. The third kappa shape index (κ3) is 1.87. The van der Waals surface area contributed by atoms with Gasteiger partial charge in [0.15, 0.2) is 0 Å². The minimum atomic E-state index is -2.80. The van der Waals surface area contributed by atoms with Crippen molar-refractivity contribution in [1.82, 2.24) is 0 Å². The van der Waals surface area contributed by atoms with Crippen LogP contribution in [-0.4, -0.2) is 5.92 Å². The fourth-order valence-electron chi connectivity index (χ4n) is 0.179. The molecule has 8 heavy (non-hydrogen) atoms. The van der Waals surface area contributed by atoms with Gasteiger partial charge in [0.2, 0.25) is 0 Å². The van der Waals surface area contributed by atoms with E-state index in [-0.39, 0.29) is 5.57 Å². The van der Waals surface area contributed by atoms with E-state index in [1.54, 1.807) is 0 Å². The molecule has 0 aliphatic carbocycles. The van der Waals surface area contributed by atoms with Gasteiger partial charge in [-0.2, -0.15) is 0 Å². The average molecular weight is 118 g/mol. The van der Waals surface area contributed by atoms with Gasteiger partial charge in [-0.05, 0) is 0 Å². The zero-order chi connectivity index (χ0) is 6.78. The molecule has 0 spiro atoms. The third-order valence-electron chi connectivity index (χ3n) is 0.810. The quantitative estimate of drug-likeness (QED) is 0.488. The Bertz CT molecular complexity index is 108. The van der Waals surface area contributed by atoms with Gasteiger partial charge in [-0.1, -0.05) is 19.2 Å². The smallest absolute Gasteiger partial charge is 0.202 e. The summed E-state index contributed by atoms with van der Waals surface area (Å²) in [5.74, 6) is -2.80. The van der Waals surface area contributed by atoms with Crippen LogP contribution in [0, 0.1) is 0 Å². The van der Waals surface area contributed by atoms with E-state index in [2.05, 4.69) is 13.2 Å². The van der Waals surface area contributed by atoms with Crippen LogP contribution in [0.3, 0.4) is 0 Å². The van der Waals surface area contributed by atoms with E-state index in [1.165, 1.54) is 0 Å². The Morgan fingerprint density at radius 1 is 1.62 bits per heavy atom. The van der Waals surface area contributed by atoms with Gasteiger partial charge >= 0.3 is 0 Å². The maximum Gasteiger partial charge on any atom is 0.269 e. The van der Waals surface area contributed by atoms with E-state index in [0.29, 0.717) is 0 Å². The first kappa shape index (κ1) is 7.34. The molecule has 0 aliphatic heterocycles. The summed E-state index contributed by atoms with van der Waals surface area (Å²) in [5, 5.41) is 0. The molecule has 0 rings (SSSR count). The predicted octanol–water partition coefficient (Wildman–Crippen LogP) is 2.38. The van der Waals surface area contributed by atoms with Gasteiger partial charge in [0.05, 0.1) is 0 Å².